The van der Waals surface area contributed by atoms with Crippen molar-refractivity contribution in [3.8, 4) is 5.75 Å². The zero-order valence-electron chi connectivity index (χ0n) is 11.9. The highest BCUT2D eigenvalue weighted by Crippen LogP contribution is 2.27. The summed E-state index contributed by atoms with van der Waals surface area (Å²) in [7, 11) is 1.92. The minimum absolute atomic E-state index is 0.271. The molecule has 1 N–H and O–H groups in total. The Kier molecular flexibility index (Phi) is 2.94. The van der Waals surface area contributed by atoms with Gasteiger partial charge in [-0.3, -0.25) is 4.68 Å². The first-order valence-corrected chi connectivity index (χ1v) is 7.70. The molecule has 0 bridgehead atoms. The third-order valence-electron chi connectivity index (χ3n) is 3.45. The maximum absolute atomic E-state index is 9.50. The van der Waals surface area contributed by atoms with Gasteiger partial charge in [-0.25, -0.2) is 4.98 Å². The molecule has 108 valence electrons. The standard InChI is InChI=1S/C17H13N3OS/c1-20-10-12-4-2-11(8-15(12)19-20)3-7-17-18-14-6-5-13(21)9-16(14)22-17/h2-10,21H,1H3/b7-3+. The van der Waals surface area contributed by atoms with E-state index in [1.165, 1.54) is 0 Å². The van der Waals surface area contributed by atoms with Gasteiger partial charge in [0.15, 0.2) is 0 Å². The van der Waals surface area contributed by atoms with Crippen LogP contribution in [-0.4, -0.2) is 19.9 Å². The van der Waals surface area contributed by atoms with E-state index in [2.05, 4.69) is 28.3 Å². The molecule has 0 radical (unpaired) electrons. The van der Waals surface area contributed by atoms with Gasteiger partial charge in [0, 0.05) is 18.6 Å². The number of fused-ring (bicyclic) bond motifs is 2. The third-order valence-corrected chi connectivity index (χ3v) is 4.44. The van der Waals surface area contributed by atoms with Gasteiger partial charge in [0.25, 0.3) is 0 Å². The van der Waals surface area contributed by atoms with Crippen LogP contribution in [0.25, 0.3) is 33.3 Å². The topological polar surface area (TPSA) is 50.9 Å². The van der Waals surface area contributed by atoms with Crippen molar-refractivity contribution in [1.29, 1.82) is 0 Å². The zero-order valence-corrected chi connectivity index (χ0v) is 12.7. The summed E-state index contributed by atoms with van der Waals surface area (Å²) in [5.74, 6) is 0.271. The van der Waals surface area contributed by atoms with Crippen LogP contribution in [0.2, 0.25) is 0 Å². The lowest BCUT2D eigenvalue weighted by molar-refractivity contribution is 0.476. The minimum Gasteiger partial charge on any atom is -0.508 e. The number of nitrogens with zero attached hydrogens (tertiary/aromatic N) is 3. The first-order valence-electron chi connectivity index (χ1n) is 6.88. The number of benzene rings is 2. The Hall–Kier alpha value is -2.66. The average molecular weight is 307 g/mol. The fourth-order valence-corrected chi connectivity index (χ4v) is 3.33. The van der Waals surface area contributed by atoms with Gasteiger partial charge in [-0.1, -0.05) is 18.2 Å². The number of phenols is 1. The predicted octanol–water partition coefficient (Wildman–Crippen LogP) is 4.06. The molecule has 0 saturated carbocycles. The van der Waals surface area contributed by atoms with Gasteiger partial charge in [0.1, 0.15) is 10.8 Å². The lowest BCUT2D eigenvalue weighted by Crippen LogP contribution is -1.84. The molecule has 0 unspecified atom stereocenters. The Balaban J connectivity index is 1.68. The van der Waals surface area contributed by atoms with Crippen molar-refractivity contribution in [1.82, 2.24) is 14.8 Å². The molecule has 0 aliphatic heterocycles. The fraction of sp³-hybridized carbons (Fsp3) is 0.0588. The second-order valence-corrected chi connectivity index (χ2v) is 6.22. The fourth-order valence-electron chi connectivity index (χ4n) is 2.43. The number of aromatic nitrogens is 3. The molecule has 2 aromatic carbocycles. The number of phenolic OH excluding ortho intramolecular Hbond substituents is 1. The van der Waals surface area contributed by atoms with Crippen molar-refractivity contribution in [2.24, 2.45) is 7.05 Å². The van der Waals surface area contributed by atoms with E-state index in [-0.39, 0.29) is 5.75 Å². The average Bonchev–Trinajstić information content (AvgIpc) is 3.05. The molecule has 0 spiro atoms. The molecule has 0 aliphatic carbocycles. The van der Waals surface area contributed by atoms with Gasteiger partial charge >= 0.3 is 0 Å². The van der Waals surface area contributed by atoms with Crippen molar-refractivity contribution >= 4 is 44.6 Å². The third kappa shape index (κ3) is 2.35. The number of thiazole rings is 1. The Morgan fingerprint density at radius 2 is 2.00 bits per heavy atom. The van der Waals surface area contributed by atoms with Crippen LogP contribution in [0.15, 0.2) is 42.6 Å². The Bertz CT molecular complexity index is 1010. The van der Waals surface area contributed by atoms with Crippen molar-refractivity contribution in [2.45, 2.75) is 0 Å². The van der Waals surface area contributed by atoms with Gasteiger partial charge in [0.05, 0.1) is 15.7 Å². The number of hydrogen-bond acceptors (Lipinski definition) is 4. The Labute approximate surface area is 131 Å². The summed E-state index contributed by atoms with van der Waals surface area (Å²) in [4.78, 5) is 4.54. The minimum atomic E-state index is 0.271. The maximum atomic E-state index is 9.50. The highest BCUT2D eigenvalue weighted by atomic mass is 32.1. The van der Waals surface area contributed by atoms with E-state index in [0.717, 1.165) is 31.7 Å². The SMILES string of the molecule is Cn1cc2ccc(/C=C/c3nc4ccc(O)cc4s3)cc2n1. The molecule has 4 aromatic rings. The van der Waals surface area contributed by atoms with Crippen molar-refractivity contribution in [2.75, 3.05) is 0 Å². The van der Waals surface area contributed by atoms with Gasteiger partial charge in [-0.2, -0.15) is 5.10 Å². The first kappa shape index (κ1) is 13.0. The summed E-state index contributed by atoms with van der Waals surface area (Å²) in [5, 5.41) is 16.0. The summed E-state index contributed by atoms with van der Waals surface area (Å²) in [6.45, 7) is 0. The molecular formula is C17H13N3OS. The lowest BCUT2D eigenvalue weighted by atomic mass is 10.1. The van der Waals surface area contributed by atoms with E-state index in [4.69, 9.17) is 0 Å². The monoisotopic (exact) mass is 307 g/mol. The molecule has 0 atom stereocenters. The van der Waals surface area contributed by atoms with Gasteiger partial charge in [-0.05, 0) is 35.9 Å². The van der Waals surface area contributed by atoms with Crippen LogP contribution in [0.3, 0.4) is 0 Å². The van der Waals surface area contributed by atoms with Crippen LogP contribution < -0.4 is 0 Å². The molecular weight excluding hydrogens is 294 g/mol. The van der Waals surface area contributed by atoms with Crippen LogP contribution >= 0.6 is 11.3 Å². The van der Waals surface area contributed by atoms with Gasteiger partial charge < -0.3 is 5.11 Å². The summed E-state index contributed by atoms with van der Waals surface area (Å²) < 4.78 is 2.80. The number of aryl methyl sites for hydroxylation is 1. The van der Waals surface area contributed by atoms with E-state index >= 15 is 0 Å². The van der Waals surface area contributed by atoms with Crippen molar-refractivity contribution in [3.63, 3.8) is 0 Å². The molecule has 22 heavy (non-hydrogen) atoms. The quantitative estimate of drug-likeness (QED) is 0.607. The second-order valence-electron chi connectivity index (χ2n) is 5.16. The van der Waals surface area contributed by atoms with Crippen molar-refractivity contribution in [3.05, 3.63) is 53.2 Å². The highest BCUT2D eigenvalue weighted by molar-refractivity contribution is 7.19. The molecule has 4 rings (SSSR count). The molecule has 4 nitrogen and oxygen atoms in total. The molecule has 0 amide bonds. The number of rotatable bonds is 2. The molecule has 2 heterocycles. The number of hydrogen-bond donors (Lipinski definition) is 1. The molecule has 0 fully saturated rings. The molecule has 5 heteroatoms. The summed E-state index contributed by atoms with van der Waals surface area (Å²) >= 11 is 1.56. The summed E-state index contributed by atoms with van der Waals surface area (Å²) in [6, 6.07) is 11.4. The lowest BCUT2D eigenvalue weighted by Gasteiger charge is -1.92. The van der Waals surface area contributed by atoms with Crippen LogP contribution in [-0.2, 0) is 7.05 Å². The molecule has 2 aromatic heterocycles. The molecule has 0 aliphatic rings. The van der Waals surface area contributed by atoms with E-state index < -0.39 is 0 Å². The molecule has 0 saturated heterocycles. The van der Waals surface area contributed by atoms with E-state index in [9.17, 15) is 5.11 Å². The zero-order chi connectivity index (χ0) is 15.1. The van der Waals surface area contributed by atoms with Crippen molar-refractivity contribution < 1.29 is 5.11 Å². The summed E-state index contributed by atoms with van der Waals surface area (Å²) in [5.41, 5.74) is 2.98. The smallest absolute Gasteiger partial charge is 0.117 e. The van der Waals surface area contributed by atoms with Gasteiger partial charge in [-0.15, -0.1) is 11.3 Å². The van der Waals surface area contributed by atoms with Crippen LogP contribution in [0, 0.1) is 0 Å². The summed E-state index contributed by atoms with van der Waals surface area (Å²) in [6.07, 6.45) is 6.03. The van der Waals surface area contributed by atoms with Gasteiger partial charge in [0.2, 0.25) is 0 Å². The maximum Gasteiger partial charge on any atom is 0.117 e. The Morgan fingerprint density at radius 3 is 2.91 bits per heavy atom. The predicted molar refractivity (Wildman–Crippen MR) is 90.9 cm³/mol. The van der Waals surface area contributed by atoms with E-state index in [1.54, 1.807) is 23.5 Å². The first-order chi connectivity index (χ1) is 10.7. The number of aromatic hydroxyl groups is 1. The normalized spacial score (nSPS) is 11.9. The van der Waals surface area contributed by atoms with Crippen LogP contribution in [0.1, 0.15) is 10.6 Å². The van der Waals surface area contributed by atoms with E-state index in [0.29, 0.717) is 0 Å². The van der Waals surface area contributed by atoms with Crippen LogP contribution in [0.4, 0.5) is 0 Å². The largest absolute Gasteiger partial charge is 0.508 e. The van der Waals surface area contributed by atoms with Crippen LogP contribution in [0.5, 0.6) is 5.75 Å². The highest BCUT2D eigenvalue weighted by Gasteiger charge is 2.02. The Morgan fingerprint density at radius 1 is 1.09 bits per heavy atom. The van der Waals surface area contributed by atoms with E-state index in [1.807, 2.05) is 36.1 Å². The second kappa shape index (κ2) is 4.96.